The Hall–Kier alpha value is -2.14. The van der Waals surface area contributed by atoms with Crippen LogP contribution >= 0.6 is 24.0 Å². The van der Waals surface area contributed by atoms with E-state index in [9.17, 15) is 4.79 Å². The van der Waals surface area contributed by atoms with Crippen LogP contribution in [-0.4, -0.2) is 48.5 Å². The summed E-state index contributed by atoms with van der Waals surface area (Å²) in [6.45, 7) is 5.36. The molecule has 182 valence electrons. The van der Waals surface area contributed by atoms with E-state index in [-0.39, 0.29) is 36.4 Å². The Labute approximate surface area is 214 Å². The van der Waals surface area contributed by atoms with Crippen molar-refractivity contribution in [2.24, 2.45) is 10.4 Å². The number of aliphatic imine (C=N–C) groups is 1. The van der Waals surface area contributed by atoms with Crippen LogP contribution in [0.15, 0.2) is 47.7 Å². The van der Waals surface area contributed by atoms with Gasteiger partial charge in [-0.1, -0.05) is 25.0 Å². The molecule has 0 atom stereocenters. The Morgan fingerprint density at radius 3 is 2.76 bits per heavy atom. The Bertz CT molecular complexity index is 866. The van der Waals surface area contributed by atoms with Crippen molar-refractivity contribution in [1.29, 1.82) is 0 Å². The summed E-state index contributed by atoms with van der Waals surface area (Å²) in [5.41, 5.74) is 2.13. The lowest BCUT2D eigenvalue weighted by Crippen LogP contribution is -2.43. The zero-order chi connectivity index (χ0) is 22.7. The average molecular weight is 569 g/mol. The minimum Gasteiger partial charge on any atom is -0.382 e. The number of guanidine groups is 1. The molecule has 1 heterocycles. The van der Waals surface area contributed by atoms with Gasteiger partial charge in [-0.3, -0.25) is 14.5 Å². The molecule has 2 aromatic rings. The Morgan fingerprint density at radius 1 is 1.24 bits per heavy atom. The number of carbonyl (C=O) groups excluding carboxylic acids is 1. The molecule has 0 unspecified atom stereocenters. The molecule has 1 aliphatic rings. The smallest absolute Gasteiger partial charge is 0.246 e. The van der Waals surface area contributed by atoms with Crippen molar-refractivity contribution in [3.05, 3.63) is 48.3 Å². The van der Waals surface area contributed by atoms with Crippen LogP contribution in [0.4, 0.5) is 5.69 Å². The number of nitrogens with one attached hydrogen (secondary N) is 3. The topological polar surface area (TPSA) is 92.6 Å². The molecule has 8 nitrogen and oxygen atoms in total. The van der Waals surface area contributed by atoms with Crippen LogP contribution in [0.2, 0.25) is 0 Å². The minimum absolute atomic E-state index is 0. The van der Waals surface area contributed by atoms with Crippen LogP contribution < -0.4 is 16.0 Å². The van der Waals surface area contributed by atoms with Gasteiger partial charge in [-0.15, -0.1) is 24.0 Å². The molecular formula is C24H37IN6O2. The van der Waals surface area contributed by atoms with Gasteiger partial charge in [0.15, 0.2) is 5.96 Å². The molecule has 1 fully saturated rings. The molecule has 1 amide bonds. The summed E-state index contributed by atoms with van der Waals surface area (Å²) in [6.07, 6.45) is 9.58. The van der Waals surface area contributed by atoms with Gasteiger partial charge in [0.1, 0.15) is 6.54 Å². The third-order valence-electron chi connectivity index (χ3n) is 6.04. The number of hydrogen-bond acceptors (Lipinski definition) is 4. The molecule has 9 heteroatoms. The lowest BCUT2D eigenvalue weighted by molar-refractivity contribution is -0.116. The number of hydrogen-bond donors (Lipinski definition) is 3. The second-order valence-corrected chi connectivity index (χ2v) is 8.39. The molecule has 0 saturated heterocycles. The number of nitrogens with zero attached hydrogens (tertiary/aromatic N) is 3. The molecule has 3 N–H and O–H groups in total. The van der Waals surface area contributed by atoms with Gasteiger partial charge in [0.25, 0.3) is 0 Å². The van der Waals surface area contributed by atoms with Gasteiger partial charge in [0.2, 0.25) is 5.91 Å². The maximum absolute atomic E-state index is 12.2. The molecule has 3 rings (SSSR count). The first-order chi connectivity index (χ1) is 15.6. The van der Waals surface area contributed by atoms with Gasteiger partial charge >= 0.3 is 0 Å². The second kappa shape index (κ2) is 14.2. The fraction of sp³-hybridized carbons (Fsp3) is 0.542. The van der Waals surface area contributed by atoms with Gasteiger partial charge in [-0.2, -0.15) is 5.10 Å². The molecule has 0 radical (unpaired) electrons. The predicted octanol–water partition coefficient (Wildman–Crippen LogP) is 3.79. The van der Waals surface area contributed by atoms with E-state index in [0.29, 0.717) is 12.0 Å². The summed E-state index contributed by atoms with van der Waals surface area (Å²) in [6, 6.07) is 9.64. The van der Waals surface area contributed by atoms with Crippen molar-refractivity contribution in [2.45, 2.75) is 52.1 Å². The van der Waals surface area contributed by atoms with Gasteiger partial charge in [0.05, 0.1) is 0 Å². The highest BCUT2D eigenvalue weighted by Gasteiger charge is 2.33. The number of amides is 1. The zero-order valence-electron chi connectivity index (χ0n) is 19.7. The highest BCUT2D eigenvalue weighted by Crippen LogP contribution is 2.40. The van der Waals surface area contributed by atoms with Crippen LogP contribution in [-0.2, 0) is 22.6 Å². The van der Waals surface area contributed by atoms with Crippen LogP contribution in [0.3, 0.4) is 0 Å². The van der Waals surface area contributed by atoms with E-state index in [1.807, 2.05) is 31.2 Å². The summed E-state index contributed by atoms with van der Waals surface area (Å²) >= 11 is 0. The Kier molecular flexibility index (Phi) is 11.7. The largest absolute Gasteiger partial charge is 0.382 e. The highest BCUT2D eigenvalue weighted by atomic mass is 127. The third-order valence-corrected chi connectivity index (χ3v) is 6.04. The van der Waals surface area contributed by atoms with E-state index in [1.165, 1.54) is 25.7 Å². The molecule has 1 aromatic heterocycles. The summed E-state index contributed by atoms with van der Waals surface area (Å²) < 4.78 is 7.22. The minimum atomic E-state index is -0.106. The lowest BCUT2D eigenvalue weighted by Gasteiger charge is -2.30. The van der Waals surface area contributed by atoms with Gasteiger partial charge in [0, 0.05) is 51.4 Å². The SMILES string of the molecule is CCOCCC1(CNC(=NC)NCc2cccc(NC(=O)Cn3cccn3)c2)CCCC1.I. The number of anilines is 1. The highest BCUT2D eigenvalue weighted by molar-refractivity contribution is 14.0. The number of aromatic nitrogens is 2. The van der Waals surface area contributed by atoms with E-state index in [0.717, 1.165) is 43.4 Å². The molecular weight excluding hydrogens is 531 g/mol. The molecule has 0 spiro atoms. The number of carbonyl (C=O) groups is 1. The van der Waals surface area contributed by atoms with Crippen molar-refractivity contribution in [3.8, 4) is 0 Å². The average Bonchev–Trinajstić information content (AvgIpc) is 3.47. The van der Waals surface area contributed by atoms with Crippen molar-refractivity contribution in [3.63, 3.8) is 0 Å². The quantitative estimate of drug-likeness (QED) is 0.166. The first kappa shape index (κ1) is 27.1. The maximum Gasteiger partial charge on any atom is 0.246 e. The monoisotopic (exact) mass is 568 g/mol. The van der Waals surface area contributed by atoms with E-state index < -0.39 is 0 Å². The number of halogens is 1. The first-order valence-corrected chi connectivity index (χ1v) is 11.5. The Balaban J connectivity index is 0.00000385. The zero-order valence-corrected chi connectivity index (χ0v) is 22.0. The van der Waals surface area contributed by atoms with E-state index in [2.05, 4.69) is 26.0 Å². The van der Waals surface area contributed by atoms with Crippen molar-refractivity contribution in [1.82, 2.24) is 20.4 Å². The summed E-state index contributed by atoms with van der Waals surface area (Å²) in [5, 5.41) is 13.9. The van der Waals surface area contributed by atoms with Crippen molar-refractivity contribution < 1.29 is 9.53 Å². The summed E-state index contributed by atoms with van der Waals surface area (Å²) in [7, 11) is 1.79. The molecule has 0 aliphatic heterocycles. The molecule has 1 saturated carbocycles. The van der Waals surface area contributed by atoms with Gasteiger partial charge in [-0.05, 0) is 55.4 Å². The van der Waals surface area contributed by atoms with Crippen LogP contribution in [0.1, 0.15) is 44.6 Å². The second-order valence-electron chi connectivity index (χ2n) is 8.39. The van der Waals surface area contributed by atoms with Crippen LogP contribution in [0.25, 0.3) is 0 Å². The number of benzene rings is 1. The molecule has 0 bridgehead atoms. The molecule has 1 aliphatic carbocycles. The maximum atomic E-state index is 12.2. The molecule has 1 aromatic carbocycles. The fourth-order valence-electron chi connectivity index (χ4n) is 4.25. The van der Waals surface area contributed by atoms with Crippen molar-refractivity contribution >= 4 is 41.5 Å². The first-order valence-electron chi connectivity index (χ1n) is 11.5. The van der Waals surface area contributed by atoms with Crippen LogP contribution in [0.5, 0.6) is 0 Å². The summed E-state index contributed by atoms with van der Waals surface area (Å²) in [5.74, 6) is 0.686. The number of rotatable bonds is 11. The normalized spacial score (nSPS) is 15.0. The predicted molar refractivity (Wildman–Crippen MR) is 143 cm³/mol. The van der Waals surface area contributed by atoms with Gasteiger partial charge < -0.3 is 20.7 Å². The lowest BCUT2D eigenvalue weighted by atomic mass is 9.83. The van der Waals surface area contributed by atoms with E-state index in [1.54, 1.807) is 30.2 Å². The molecule has 33 heavy (non-hydrogen) atoms. The third kappa shape index (κ3) is 8.96. The Morgan fingerprint density at radius 2 is 2.06 bits per heavy atom. The van der Waals surface area contributed by atoms with Crippen LogP contribution in [0, 0.1) is 5.41 Å². The van der Waals surface area contributed by atoms with E-state index in [4.69, 9.17) is 4.74 Å². The number of ether oxygens (including phenoxy) is 1. The fourth-order valence-corrected chi connectivity index (χ4v) is 4.25. The van der Waals surface area contributed by atoms with Crippen molar-refractivity contribution in [2.75, 3.05) is 32.1 Å². The van der Waals surface area contributed by atoms with E-state index >= 15 is 0 Å². The standard InChI is InChI=1S/C24H36N6O2.HI/c1-3-32-15-12-24(10-4-5-11-24)19-27-23(25-2)26-17-20-8-6-9-21(16-20)29-22(31)18-30-14-7-13-28-30;/h6-9,13-14,16H,3-5,10-12,15,17-19H2,1-2H3,(H,29,31)(H2,25,26,27);1H. The van der Waals surface area contributed by atoms with Gasteiger partial charge in [-0.25, -0.2) is 0 Å². The summed E-state index contributed by atoms with van der Waals surface area (Å²) in [4.78, 5) is 16.6.